The number of fused-ring (bicyclic) bond motifs is 2. The van der Waals surface area contributed by atoms with Gasteiger partial charge in [0, 0.05) is 37.4 Å². The molecule has 1 aromatic carbocycles. The van der Waals surface area contributed by atoms with Crippen LogP contribution in [0.3, 0.4) is 0 Å². The third-order valence-electron chi connectivity index (χ3n) is 7.27. The SMILES string of the molecule is O=C1NC2CC(C(=O)Nc3cc(-c4ccc5ncn(CC6CCOCC6)c5c4)c(Cl)cn3)CC2O1. The summed E-state index contributed by atoms with van der Waals surface area (Å²) in [6.07, 6.45) is 5.97. The molecule has 3 aliphatic rings. The minimum atomic E-state index is -0.408. The highest BCUT2D eigenvalue weighted by Crippen LogP contribution is 2.34. The molecule has 0 bridgehead atoms. The molecule has 3 aromatic rings. The molecule has 9 nitrogen and oxygen atoms in total. The van der Waals surface area contributed by atoms with Crippen molar-refractivity contribution in [2.75, 3.05) is 18.5 Å². The number of nitrogens with one attached hydrogen (secondary N) is 2. The predicted octanol–water partition coefficient (Wildman–Crippen LogP) is 4.00. The van der Waals surface area contributed by atoms with Crippen molar-refractivity contribution in [2.45, 2.75) is 44.4 Å². The van der Waals surface area contributed by atoms with E-state index in [1.54, 1.807) is 12.3 Å². The fraction of sp³-hybridized carbons (Fsp3) is 0.440. The molecule has 2 N–H and O–H groups in total. The standard InChI is InChI=1S/C25H26ClN5O4/c26-18-11-27-23(30-24(32)16-7-20-22(9-16)35-25(33)29-20)10-17(18)15-1-2-19-21(8-15)31(13-28-19)12-14-3-5-34-6-4-14/h1-2,8,10-11,13-14,16,20,22H,3-7,9,12H2,(H,29,33)(H,27,30,32). The lowest BCUT2D eigenvalue weighted by Gasteiger charge is -2.22. The Morgan fingerprint density at radius 1 is 1.20 bits per heavy atom. The zero-order chi connectivity index (χ0) is 23.9. The molecule has 2 aromatic heterocycles. The van der Waals surface area contributed by atoms with Crippen LogP contribution in [0.4, 0.5) is 10.6 Å². The van der Waals surface area contributed by atoms with Crippen LogP contribution < -0.4 is 10.6 Å². The summed E-state index contributed by atoms with van der Waals surface area (Å²) in [4.78, 5) is 33.1. The van der Waals surface area contributed by atoms with Crippen molar-refractivity contribution in [3.63, 3.8) is 0 Å². The van der Waals surface area contributed by atoms with Crippen LogP contribution >= 0.6 is 11.6 Å². The van der Waals surface area contributed by atoms with Crippen LogP contribution in [0.25, 0.3) is 22.2 Å². The van der Waals surface area contributed by atoms with Gasteiger partial charge in [-0.3, -0.25) is 4.79 Å². The van der Waals surface area contributed by atoms with Gasteiger partial charge in [-0.15, -0.1) is 0 Å². The van der Waals surface area contributed by atoms with E-state index in [9.17, 15) is 9.59 Å². The zero-order valence-corrected chi connectivity index (χ0v) is 19.8. The molecule has 0 spiro atoms. The number of carbonyl (C=O) groups excluding carboxylic acids is 2. The normalized spacial score (nSPS) is 24.3. The molecule has 3 fully saturated rings. The summed E-state index contributed by atoms with van der Waals surface area (Å²) in [6.45, 7) is 2.53. The summed E-state index contributed by atoms with van der Waals surface area (Å²) in [6, 6.07) is 7.76. The lowest BCUT2D eigenvalue weighted by atomic mass is 10.00. The minimum Gasteiger partial charge on any atom is -0.444 e. The van der Waals surface area contributed by atoms with E-state index in [0.717, 1.165) is 54.8 Å². The van der Waals surface area contributed by atoms with Crippen molar-refractivity contribution in [1.82, 2.24) is 19.9 Å². The van der Waals surface area contributed by atoms with Crippen molar-refractivity contribution in [3.8, 4) is 11.1 Å². The number of hydrogen-bond donors (Lipinski definition) is 2. The lowest BCUT2D eigenvalue weighted by Crippen LogP contribution is -2.28. The number of halogens is 1. The zero-order valence-electron chi connectivity index (χ0n) is 19.1. The molecular weight excluding hydrogens is 470 g/mol. The Kier molecular flexibility index (Phi) is 5.82. The fourth-order valence-electron chi connectivity index (χ4n) is 5.35. The maximum absolute atomic E-state index is 12.9. The number of pyridine rings is 1. The number of hydrogen-bond acceptors (Lipinski definition) is 6. The molecule has 3 unspecified atom stereocenters. The molecule has 2 aliphatic heterocycles. The van der Waals surface area contributed by atoms with Crippen molar-refractivity contribution in [1.29, 1.82) is 0 Å². The molecule has 3 atom stereocenters. The molecule has 0 radical (unpaired) electrons. The Morgan fingerprint density at radius 2 is 2.06 bits per heavy atom. The van der Waals surface area contributed by atoms with Crippen LogP contribution in [0.1, 0.15) is 25.7 Å². The molecule has 2 saturated heterocycles. The Balaban J connectivity index is 1.21. The first-order valence-electron chi connectivity index (χ1n) is 12.0. The first kappa shape index (κ1) is 22.3. The summed E-state index contributed by atoms with van der Waals surface area (Å²) in [7, 11) is 0. The number of ether oxygens (including phenoxy) is 2. The van der Waals surface area contributed by atoms with E-state index in [4.69, 9.17) is 21.1 Å². The van der Waals surface area contributed by atoms with Gasteiger partial charge < -0.3 is 24.7 Å². The first-order chi connectivity index (χ1) is 17.0. The number of benzene rings is 1. The van der Waals surface area contributed by atoms with E-state index in [1.807, 2.05) is 18.5 Å². The van der Waals surface area contributed by atoms with E-state index < -0.39 is 6.09 Å². The number of amides is 2. The van der Waals surface area contributed by atoms with Gasteiger partial charge in [0.1, 0.15) is 11.9 Å². The molecule has 182 valence electrons. The Hall–Kier alpha value is -3.17. The van der Waals surface area contributed by atoms with Crippen LogP contribution in [0.5, 0.6) is 0 Å². The van der Waals surface area contributed by atoms with Crippen molar-refractivity contribution >= 4 is 40.5 Å². The summed E-state index contributed by atoms with van der Waals surface area (Å²) in [5.74, 6) is 0.627. The van der Waals surface area contributed by atoms with Crippen LogP contribution in [0.2, 0.25) is 5.02 Å². The Bertz CT molecular complexity index is 1270. The maximum atomic E-state index is 12.9. The third kappa shape index (κ3) is 4.46. The van der Waals surface area contributed by atoms with Gasteiger partial charge in [-0.1, -0.05) is 17.7 Å². The maximum Gasteiger partial charge on any atom is 0.407 e. The highest BCUT2D eigenvalue weighted by Gasteiger charge is 2.45. The van der Waals surface area contributed by atoms with E-state index in [-0.39, 0.29) is 24.0 Å². The van der Waals surface area contributed by atoms with Gasteiger partial charge in [-0.25, -0.2) is 14.8 Å². The molecule has 4 heterocycles. The molecule has 1 aliphatic carbocycles. The van der Waals surface area contributed by atoms with Gasteiger partial charge in [-0.05, 0) is 55.4 Å². The summed E-state index contributed by atoms with van der Waals surface area (Å²) >= 11 is 6.52. The van der Waals surface area contributed by atoms with Crippen LogP contribution in [-0.2, 0) is 20.8 Å². The monoisotopic (exact) mass is 495 g/mol. The van der Waals surface area contributed by atoms with Gasteiger partial charge in [-0.2, -0.15) is 0 Å². The van der Waals surface area contributed by atoms with Gasteiger partial charge in [0.2, 0.25) is 5.91 Å². The summed E-state index contributed by atoms with van der Waals surface area (Å²) < 4.78 is 12.9. The second-order valence-corrected chi connectivity index (χ2v) is 9.96. The molecular formula is C25H26ClN5O4. The van der Waals surface area contributed by atoms with Crippen molar-refractivity contribution in [2.24, 2.45) is 11.8 Å². The molecule has 35 heavy (non-hydrogen) atoms. The summed E-state index contributed by atoms with van der Waals surface area (Å²) in [5.41, 5.74) is 3.70. The smallest absolute Gasteiger partial charge is 0.407 e. The molecule has 1 saturated carbocycles. The number of rotatable bonds is 5. The average Bonchev–Trinajstić information content (AvgIpc) is 3.54. The van der Waals surface area contributed by atoms with Crippen LogP contribution in [0, 0.1) is 11.8 Å². The highest BCUT2D eigenvalue weighted by molar-refractivity contribution is 6.33. The second-order valence-electron chi connectivity index (χ2n) is 9.56. The molecule has 2 amide bonds. The molecule has 6 rings (SSSR count). The van der Waals surface area contributed by atoms with Gasteiger partial charge in [0.15, 0.2) is 0 Å². The number of alkyl carbamates (subject to hydrolysis) is 1. The summed E-state index contributed by atoms with van der Waals surface area (Å²) in [5, 5.41) is 6.17. The van der Waals surface area contributed by atoms with Crippen molar-refractivity contribution in [3.05, 3.63) is 41.8 Å². The first-order valence-corrected chi connectivity index (χ1v) is 12.4. The number of imidazole rings is 1. The van der Waals surface area contributed by atoms with E-state index in [1.165, 1.54) is 0 Å². The van der Waals surface area contributed by atoms with Gasteiger partial charge in [0.25, 0.3) is 0 Å². The van der Waals surface area contributed by atoms with E-state index in [0.29, 0.717) is 29.6 Å². The number of anilines is 1. The number of aromatic nitrogens is 3. The molecule has 10 heteroatoms. The average molecular weight is 496 g/mol. The minimum absolute atomic E-state index is 0.107. The predicted molar refractivity (Wildman–Crippen MR) is 130 cm³/mol. The van der Waals surface area contributed by atoms with Crippen LogP contribution in [-0.4, -0.2) is 51.9 Å². The Morgan fingerprint density at radius 3 is 2.89 bits per heavy atom. The number of nitrogens with zero attached hydrogens (tertiary/aromatic N) is 3. The van der Waals surface area contributed by atoms with Crippen LogP contribution in [0.15, 0.2) is 36.8 Å². The lowest BCUT2D eigenvalue weighted by molar-refractivity contribution is -0.120. The topological polar surface area (TPSA) is 107 Å². The third-order valence-corrected chi connectivity index (χ3v) is 7.57. The largest absolute Gasteiger partial charge is 0.444 e. The van der Waals surface area contributed by atoms with Gasteiger partial charge >= 0.3 is 6.09 Å². The van der Waals surface area contributed by atoms with Gasteiger partial charge in [0.05, 0.1) is 28.4 Å². The number of carbonyl (C=O) groups is 2. The van der Waals surface area contributed by atoms with E-state index >= 15 is 0 Å². The Labute approximate surface area is 207 Å². The quantitative estimate of drug-likeness (QED) is 0.554. The fourth-order valence-corrected chi connectivity index (χ4v) is 5.56. The second kappa shape index (κ2) is 9.13. The van der Waals surface area contributed by atoms with Crippen molar-refractivity contribution < 1.29 is 19.1 Å². The highest BCUT2D eigenvalue weighted by atomic mass is 35.5. The van der Waals surface area contributed by atoms with E-state index in [2.05, 4.69) is 31.2 Å².